The molecular weight excluding hydrogens is 510 g/mol. The number of amides is 1. The molecule has 0 radical (unpaired) electrons. The van der Waals surface area contributed by atoms with Crippen molar-refractivity contribution in [2.75, 3.05) is 6.54 Å². The van der Waals surface area contributed by atoms with Crippen molar-refractivity contribution < 1.29 is 22.4 Å². The molecule has 0 spiro atoms. The van der Waals surface area contributed by atoms with Crippen LogP contribution in [-0.2, 0) is 18.4 Å². The Morgan fingerprint density at radius 1 is 1.10 bits per heavy atom. The number of imidazole rings is 1. The van der Waals surface area contributed by atoms with Gasteiger partial charge in [-0.1, -0.05) is 6.92 Å². The van der Waals surface area contributed by atoms with Gasteiger partial charge >= 0.3 is 6.18 Å². The number of aryl methyl sites for hydroxylation is 1. The Labute approximate surface area is 228 Å². The van der Waals surface area contributed by atoms with Gasteiger partial charge in [0.1, 0.15) is 6.17 Å². The van der Waals surface area contributed by atoms with Crippen LogP contribution in [0.1, 0.15) is 71.1 Å². The zero-order valence-electron chi connectivity index (χ0n) is 23.2. The predicted molar refractivity (Wildman–Crippen MR) is 140 cm³/mol. The summed E-state index contributed by atoms with van der Waals surface area (Å²) in [6.45, 7) is 3.70. The van der Waals surface area contributed by atoms with E-state index >= 15 is 0 Å². The van der Waals surface area contributed by atoms with Gasteiger partial charge in [0.15, 0.2) is 0 Å². The van der Waals surface area contributed by atoms with E-state index in [1.807, 2.05) is 10.8 Å². The van der Waals surface area contributed by atoms with Crippen LogP contribution in [0.4, 0.5) is 17.6 Å². The second-order valence-electron chi connectivity index (χ2n) is 13.2. The molecule has 3 saturated carbocycles. The van der Waals surface area contributed by atoms with Crippen molar-refractivity contribution in [1.29, 1.82) is 5.41 Å². The number of carbonyl (C=O) groups is 1. The lowest BCUT2D eigenvalue weighted by molar-refractivity contribution is -0.209. The second-order valence-corrected chi connectivity index (χ2v) is 13.2. The topological polar surface area (TPSA) is 74.8 Å². The normalized spacial score (nSPS) is 36.9. The first-order valence-corrected chi connectivity index (χ1v) is 15.0. The Kier molecular flexibility index (Phi) is 8.51. The number of hydrogen-bond donors (Lipinski definition) is 3. The second kappa shape index (κ2) is 11.6. The van der Waals surface area contributed by atoms with Gasteiger partial charge in [-0.3, -0.25) is 10.2 Å². The van der Waals surface area contributed by atoms with Gasteiger partial charge in [0, 0.05) is 44.0 Å². The summed E-state index contributed by atoms with van der Waals surface area (Å²) in [6.07, 6.45) is 3.64. The molecule has 3 aliphatic carbocycles. The van der Waals surface area contributed by atoms with Crippen LogP contribution in [0.5, 0.6) is 0 Å². The fourth-order valence-corrected chi connectivity index (χ4v) is 7.94. The molecule has 9 unspecified atom stereocenters. The van der Waals surface area contributed by atoms with E-state index in [1.165, 1.54) is 0 Å². The van der Waals surface area contributed by atoms with Crippen LogP contribution in [0.2, 0.25) is 0 Å². The highest BCUT2D eigenvalue weighted by Gasteiger charge is 2.52. The van der Waals surface area contributed by atoms with Crippen LogP contribution >= 0.6 is 0 Å². The molecule has 2 heterocycles. The number of rotatable bonds is 7. The number of nitrogens with zero attached hydrogens (tertiary/aromatic N) is 2. The van der Waals surface area contributed by atoms with Crippen molar-refractivity contribution >= 4 is 5.91 Å². The molecular formula is C29H45F4N5O. The van der Waals surface area contributed by atoms with Crippen LogP contribution in [0.3, 0.4) is 0 Å². The Morgan fingerprint density at radius 3 is 2.51 bits per heavy atom. The molecule has 0 aromatic carbocycles. The van der Waals surface area contributed by atoms with Crippen molar-refractivity contribution in [2.24, 2.45) is 48.5 Å². The zero-order valence-corrected chi connectivity index (χ0v) is 23.2. The maximum atomic E-state index is 14.2. The van der Waals surface area contributed by atoms with Crippen molar-refractivity contribution in [3.05, 3.63) is 18.0 Å². The minimum absolute atomic E-state index is 0.0137. The summed E-state index contributed by atoms with van der Waals surface area (Å²) in [7, 11) is 1.79. The van der Waals surface area contributed by atoms with E-state index in [0.29, 0.717) is 43.3 Å². The lowest BCUT2D eigenvalue weighted by atomic mass is 9.63. The van der Waals surface area contributed by atoms with Crippen LogP contribution in [0.25, 0.3) is 0 Å². The average Bonchev–Trinajstić information content (AvgIpc) is 3.68. The number of carbonyl (C=O) groups excluding carboxylic acids is 1. The SMILES string of the molecule is CC1CCNC(C(NC(=O)C2CC(Cn3ccn(C)c3=N)CC(C3CCC(F)CC3C(F)(F)F)C2)C2CC2)C1. The summed E-state index contributed by atoms with van der Waals surface area (Å²) in [6, 6.07) is 0.299. The van der Waals surface area contributed by atoms with Crippen LogP contribution in [-0.4, -0.2) is 46.0 Å². The highest BCUT2D eigenvalue weighted by atomic mass is 19.4. The number of nitrogens with one attached hydrogen (secondary N) is 3. The van der Waals surface area contributed by atoms with Gasteiger partial charge in [-0.2, -0.15) is 13.2 Å². The number of aromatic nitrogens is 2. The molecule has 39 heavy (non-hydrogen) atoms. The molecule has 4 aliphatic rings. The number of hydrogen-bond acceptors (Lipinski definition) is 3. The fourth-order valence-electron chi connectivity index (χ4n) is 7.94. The first-order chi connectivity index (χ1) is 18.5. The standard InChI is InChI=1S/C29H45F4N5O/c1-17-7-8-35-25(11-17)26(19-3-4-19)36-27(39)21-13-18(16-38-10-9-37(2)28(38)34)12-20(14-21)23-6-5-22(30)15-24(23)29(31,32)33/h9-10,17-26,34-35H,3-8,11-16H2,1-2H3,(H,36,39). The summed E-state index contributed by atoms with van der Waals surface area (Å²) in [5, 5.41) is 15.3. The van der Waals surface area contributed by atoms with E-state index in [1.54, 1.807) is 17.8 Å². The van der Waals surface area contributed by atoms with Crippen molar-refractivity contribution in [3.63, 3.8) is 0 Å². The molecule has 1 aromatic rings. The molecule has 5 rings (SSSR count). The molecule has 4 fully saturated rings. The van der Waals surface area contributed by atoms with E-state index in [2.05, 4.69) is 17.6 Å². The number of piperidine rings is 1. The first-order valence-electron chi connectivity index (χ1n) is 15.0. The van der Waals surface area contributed by atoms with Crippen molar-refractivity contribution in [2.45, 2.75) is 102 Å². The minimum atomic E-state index is -4.44. The number of halogens is 4. The van der Waals surface area contributed by atoms with Gasteiger partial charge in [-0.25, -0.2) is 4.39 Å². The highest BCUT2D eigenvalue weighted by molar-refractivity contribution is 5.79. The highest BCUT2D eigenvalue weighted by Crippen LogP contribution is 2.50. The lowest BCUT2D eigenvalue weighted by Gasteiger charge is -2.44. The van der Waals surface area contributed by atoms with Crippen LogP contribution < -0.4 is 16.3 Å². The third-order valence-corrected chi connectivity index (χ3v) is 10.2. The Bertz CT molecular complexity index is 1050. The first kappa shape index (κ1) is 28.7. The van der Waals surface area contributed by atoms with Gasteiger partial charge < -0.3 is 19.8 Å². The average molecular weight is 556 g/mol. The maximum absolute atomic E-state index is 14.2. The molecule has 3 N–H and O–H groups in total. The Balaban J connectivity index is 1.35. The molecule has 9 atom stereocenters. The van der Waals surface area contributed by atoms with Crippen LogP contribution in [0.15, 0.2) is 12.4 Å². The van der Waals surface area contributed by atoms with Gasteiger partial charge in [-0.15, -0.1) is 0 Å². The summed E-state index contributed by atoms with van der Waals surface area (Å²) in [4.78, 5) is 13.8. The molecule has 10 heteroatoms. The molecule has 1 aliphatic heterocycles. The summed E-state index contributed by atoms with van der Waals surface area (Å²) in [5.41, 5.74) is 0.329. The van der Waals surface area contributed by atoms with Crippen molar-refractivity contribution in [3.8, 4) is 0 Å². The molecule has 1 saturated heterocycles. The van der Waals surface area contributed by atoms with E-state index in [9.17, 15) is 22.4 Å². The van der Waals surface area contributed by atoms with Gasteiger partial charge in [0.2, 0.25) is 11.5 Å². The van der Waals surface area contributed by atoms with Crippen molar-refractivity contribution in [1.82, 2.24) is 19.8 Å². The Morgan fingerprint density at radius 2 is 1.87 bits per heavy atom. The largest absolute Gasteiger partial charge is 0.392 e. The van der Waals surface area contributed by atoms with E-state index in [-0.39, 0.29) is 48.6 Å². The van der Waals surface area contributed by atoms with E-state index in [0.717, 1.165) is 32.2 Å². The molecule has 1 aromatic heterocycles. The number of alkyl halides is 4. The van der Waals surface area contributed by atoms with Crippen LogP contribution in [0, 0.1) is 46.8 Å². The summed E-state index contributed by atoms with van der Waals surface area (Å²) in [5.74, 6) is -1.95. The molecule has 6 nitrogen and oxygen atoms in total. The molecule has 1 amide bonds. The maximum Gasteiger partial charge on any atom is 0.392 e. The third kappa shape index (κ3) is 6.73. The summed E-state index contributed by atoms with van der Waals surface area (Å²) < 4.78 is 60.0. The Hall–Kier alpha value is -1.84. The van der Waals surface area contributed by atoms with Gasteiger partial charge in [-0.05, 0) is 100 Å². The molecule has 0 bridgehead atoms. The summed E-state index contributed by atoms with van der Waals surface area (Å²) >= 11 is 0. The van der Waals surface area contributed by atoms with Gasteiger partial charge in [0.25, 0.3) is 0 Å². The smallest absolute Gasteiger partial charge is 0.351 e. The van der Waals surface area contributed by atoms with E-state index in [4.69, 9.17) is 5.41 Å². The fraction of sp³-hybridized carbons (Fsp3) is 0.862. The monoisotopic (exact) mass is 555 g/mol. The third-order valence-electron chi connectivity index (χ3n) is 10.2. The van der Waals surface area contributed by atoms with Gasteiger partial charge in [0.05, 0.1) is 5.92 Å². The lowest BCUT2D eigenvalue weighted by Crippen LogP contribution is -2.55. The quantitative estimate of drug-likeness (QED) is 0.417. The predicted octanol–water partition coefficient (Wildman–Crippen LogP) is 4.94. The zero-order chi connectivity index (χ0) is 27.9. The molecule has 220 valence electrons. The minimum Gasteiger partial charge on any atom is -0.351 e. The van der Waals surface area contributed by atoms with E-state index < -0.39 is 30.6 Å².